The van der Waals surface area contributed by atoms with Crippen LogP contribution in [-0.4, -0.2) is 14.2 Å². The predicted molar refractivity (Wildman–Crippen MR) is 71.0 cm³/mol. The van der Waals surface area contributed by atoms with E-state index in [1.165, 1.54) is 0 Å². The zero-order valence-corrected chi connectivity index (χ0v) is 11.4. The first-order valence-electron chi connectivity index (χ1n) is 5.81. The molecule has 96 valence electrons. The number of methoxy groups -OCH3 is 2. The Kier molecular flexibility index (Phi) is 5.59. The molecule has 17 heavy (non-hydrogen) atoms. The van der Waals surface area contributed by atoms with Crippen LogP contribution in [0, 0.1) is 0 Å². The first kappa shape index (κ1) is 14.1. The van der Waals surface area contributed by atoms with Crippen molar-refractivity contribution in [1.82, 2.24) is 0 Å². The van der Waals surface area contributed by atoms with Gasteiger partial charge in [0.1, 0.15) is 0 Å². The molecule has 0 fully saturated rings. The highest BCUT2D eigenvalue weighted by atomic mass is 35.5. The van der Waals surface area contributed by atoms with Crippen molar-refractivity contribution < 1.29 is 9.47 Å². The summed E-state index contributed by atoms with van der Waals surface area (Å²) < 4.78 is 10.4. The first-order valence-corrected chi connectivity index (χ1v) is 6.18. The van der Waals surface area contributed by atoms with Gasteiger partial charge in [0.05, 0.1) is 14.2 Å². The molecule has 1 atom stereocenters. The van der Waals surface area contributed by atoms with Crippen LogP contribution in [-0.2, 0) is 0 Å². The lowest BCUT2D eigenvalue weighted by atomic mass is 10.0. The molecular formula is C13H20ClNO2. The minimum atomic E-state index is -0.0535. The van der Waals surface area contributed by atoms with Crippen molar-refractivity contribution in [2.24, 2.45) is 5.73 Å². The Morgan fingerprint density at radius 2 is 1.82 bits per heavy atom. The highest BCUT2D eigenvalue weighted by Crippen LogP contribution is 2.36. The molecule has 0 radical (unpaired) electrons. The molecule has 1 aromatic rings. The SMILES string of the molecule is CCCCC(N)c1cc(OC)c(OC)cc1Cl. The van der Waals surface area contributed by atoms with E-state index in [0.717, 1.165) is 24.8 Å². The van der Waals surface area contributed by atoms with Gasteiger partial charge in [-0.1, -0.05) is 31.4 Å². The largest absolute Gasteiger partial charge is 0.493 e. The smallest absolute Gasteiger partial charge is 0.162 e. The third-order valence-electron chi connectivity index (χ3n) is 2.77. The summed E-state index contributed by atoms with van der Waals surface area (Å²) in [6.07, 6.45) is 3.14. The van der Waals surface area contributed by atoms with E-state index in [2.05, 4.69) is 6.92 Å². The summed E-state index contributed by atoms with van der Waals surface area (Å²) in [4.78, 5) is 0. The molecule has 2 N–H and O–H groups in total. The lowest BCUT2D eigenvalue weighted by Crippen LogP contribution is -2.11. The molecule has 0 bridgehead atoms. The number of hydrogen-bond donors (Lipinski definition) is 1. The number of halogens is 1. The van der Waals surface area contributed by atoms with Gasteiger partial charge in [0.2, 0.25) is 0 Å². The molecule has 0 saturated heterocycles. The van der Waals surface area contributed by atoms with Crippen LogP contribution >= 0.6 is 11.6 Å². The summed E-state index contributed by atoms with van der Waals surface area (Å²) in [5.74, 6) is 1.29. The van der Waals surface area contributed by atoms with Gasteiger partial charge in [0.25, 0.3) is 0 Å². The standard InChI is InChI=1S/C13H20ClNO2/c1-4-5-6-11(15)9-7-12(16-2)13(17-3)8-10(9)14/h7-8,11H,4-6,15H2,1-3H3. The average Bonchev–Trinajstić information content (AvgIpc) is 2.35. The van der Waals surface area contributed by atoms with Gasteiger partial charge in [-0.2, -0.15) is 0 Å². The molecule has 0 amide bonds. The summed E-state index contributed by atoms with van der Waals surface area (Å²) >= 11 is 6.20. The normalized spacial score (nSPS) is 12.3. The molecule has 0 aliphatic carbocycles. The van der Waals surface area contributed by atoms with Crippen LogP contribution in [0.3, 0.4) is 0 Å². The third kappa shape index (κ3) is 3.51. The van der Waals surface area contributed by atoms with Gasteiger partial charge in [-0.3, -0.25) is 0 Å². The minimum Gasteiger partial charge on any atom is -0.493 e. The van der Waals surface area contributed by atoms with Gasteiger partial charge in [-0.25, -0.2) is 0 Å². The first-order chi connectivity index (χ1) is 8.13. The Bertz CT molecular complexity index is 369. The Hall–Kier alpha value is -0.930. The van der Waals surface area contributed by atoms with Gasteiger partial charge < -0.3 is 15.2 Å². The molecule has 0 aromatic heterocycles. The lowest BCUT2D eigenvalue weighted by Gasteiger charge is -2.16. The average molecular weight is 258 g/mol. The second-order valence-electron chi connectivity index (χ2n) is 3.98. The maximum Gasteiger partial charge on any atom is 0.162 e. The fraction of sp³-hybridized carbons (Fsp3) is 0.538. The number of rotatable bonds is 6. The van der Waals surface area contributed by atoms with E-state index >= 15 is 0 Å². The Balaban J connectivity index is 2.99. The molecule has 0 saturated carbocycles. The molecule has 0 spiro atoms. The maximum absolute atomic E-state index is 6.20. The van der Waals surface area contributed by atoms with E-state index < -0.39 is 0 Å². The fourth-order valence-electron chi connectivity index (χ4n) is 1.73. The quantitative estimate of drug-likeness (QED) is 0.848. The summed E-state index contributed by atoms with van der Waals surface area (Å²) in [7, 11) is 3.19. The van der Waals surface area contributed by atoms with E-state index in [0.29, 0.717) is 16.5 Å². The minimum absolute atomic E-state index is 0.0535. The van der Waals surface area contributed by atoms with E-state index in [4.69, 9.17) is 26.8 Å². The highest BCUT2D eigenvalue weighted by Gasteiger charge is 2.14. The number of ether oxygens (including phenoxy) is 2. The van der Waals surface area contributed by atoms with E-state index in [1.807, 2.05) is 6.07 Å². The Morgan fingerprint density at radius 3 is 2.35 bits per heavy atom. The number of benzene rings is 1. The second kappa shape index (κ2) is 6.72. The zero-order chi connectivity index (χ0) is 12.8. The molecular weight excluding hydrogens is 238 g/mol. The van der Waals surface area contributed by atoms with Crippen LogP contribution in [0.25, 0.3) is 0 Å². The summed E-state index contributed by atoms with van der Waals surface area (Å²) in [6, 6.07) is 3.56. The van der Waals surface area contributed by atoms with E-state index in [1.54, 1.807) is 20.3 Å². The monoisotopic (exact) mass is 257 g/mol. The van der Waals surface area contributed by atoms with Crippen LogP contribution in [0.4, 0.5) is 0 Å². The molecule has 3 nitrogen and oxygen atoms in total. The number of hydrogen-bond acceptors (Lipinski definition) is 3. The fourth-order valence-corrected chi connectivity index (χ4v) is 2.03. The van der Waals surface area contributed by atoms with Gasteiger partial charge >= 0.3 is 0 Å². The molecule has 4 heteroatoms. The van der Waals surface area contributed by atoms with Crippen LogP contribution in [0.1, 0.15) is 37.8 Å². The lowest BCUT2D eigenvalue weighted by molar-refractivity contribution is 0.354. The van der Waals surface area contributed by atoms with Crippen molar-refractivity contribution in [2.45, 2.75) is 32.2 Å². The third-order valence-corrected chi connectivity index (χ3v) is 3.10. The number of nitrogens with two attached hydrogens (primary N) is 1. The van der Waals surface area contributed by atoms with Crippen molar-refractivity contribution in [3.05, 3.63) is 22.7 Å². The summed E-state index contributed by atoms with van der Waals surface area (Å²) in [5, 5.41) is 0.631. The van der Waals surface area contributed by atoms with Crippen molar-refractivity contribution in [3.8, 4) is 11.5 Å². The van der Waals surface area contributed by atoms with Crippen LogP contribution in [0.5, 0.6) is 11.5 Å². The van der Waals surface area contributed by atoms with E-state index in [-0.39, 0.29) is 6.04 Å². The predicted octanol–water partition coefficient (Wildman–Crippen LogP) is 3.55. The van der Waals surface area contributed by atoms with Crippen LogP contribution in [0.2, 0.25) is 5.02 Å². The topological polar surface area (TPSA) is 44.5 Å². The van der Waals surface area contributed by atoms with Gasteiger partial charge in [0.15, 0.2) is 11.5 Å². The van der Waals surface area contributed by atoms with Crippen molar-refractivity contribution in [1.29, 1.82) is 0 Å². The molecule has 1 unspecified atom stereocenters. The van der Waals surface area contributed by atoms with Gasteiger partial charge in [-0.15, -0.1) is 0 Å². The zero-order valence-electron chi connectivity index (χ0n) is 10.6. The summed E-state index contributed by atoms with van der Waals surface area (Å²) in [5.41, 5.74) is 7.03. The van der Waals surface area contributed by atoms with Crippen molar-refractivity contribution >= 4 is 11.6 Å². The van der Waals surface area contributed by atoms with Crippen LogP contribution in [0.15, 0.2) is 12.1 Å². The summed E-state index contributed by atoms with van der Waals surface area (Å²) in [6.45, 7) is 2.14. The maximum atomic E-state index is 6.20. The van der Waals surface area contributed by atoms with Crippen LogP contribution < -0.4 is 15.2 Å². The second-order valence-corrected chi connectivity index (χ2v) is 4.38. The van der Waals surface area contributed by atoms with Crippen molar-refractivity contribution in [3.63, 3.8) is 0 Å². The molecule has 1 rings (SSSR count). The van der Waals surface area contributed by atoms with Crippen molar-refractivity contribution in [2.75, 3.05) is 14.2 Å². The molecule has 0 heterocycles. The number of unbranched alkanes of at least 4 members (excludes halogenated alkanes) is 1. The molecule has 0 aliphatic heterocycles. The Morgan fingerprint density at radius 1 is 1.24 bits per heavy atom. The molecule has 0 aliphatic rings. The van der Waals surface area contributed by atoms with E-state index in [9.17, 15) is 0 Å². The highest BCUT2D eigenvalue weighted by molar-refractivity contribution is 6.31. The van der Waals surface area contributed by atoms with Gasteiger partial charge in [-0.05, 0) is 18.1 Å². The Labute approximate surface area is 108 Å². The molecule has 1 aromatic carbocycles. The van der Waals surface area contributed by atoms with Gasteiger partial charge in [0, 0.05) is 17.1 Å².